The van der Waals surface area contributed by atoms with Gasteiger partial charge in [0.15, 0.2) is 0 Å². The summed E-state index contributed by atoms with van der Waals surface area (Å²) >= 11 is 5.99. The number of nitrogens with zero attached hydrogens (tertiary/aromatic N) is 5. The molecule has 7 nitrogen and oxygen atoms in total. The summed E-state index contributed by atoms with van der Waals surface area (Å²) < 4.78 is 3.71. The molecule has 1 N–H and O–H groups in total. The van der Waals surface area contributed by atoms with Crippen molar-refractivity contribution >= 4 is 17.5 Å². The molecule has 26 heavy (non-hydrogen) atoms. The van der Waals surface area contributed by atoms with Gasteiger partial charge in [0.25, 0.3) is 0 Å². The van der Waals surface area contributed by atoms with E-state index in [4.69, 9.17) is 11.6 Å². The summed E-state index contributed by atoms with van der Waals surface area (Å²) in [5.74, 6) is 1.34. The third kappa shape index (κ3) is 2.47. The zero-order chi connectivity index (χ0) is 17.9. The van der Waals surface area contributed by atoms with Gasteiger partial charge in [0.2, 0.25) is 11.2 Å². The van der Waals surface area contributed by atoms with Gasteiger partial charge in [0, 0.05) is 13.2 Å². The van der Waals surface area contributed by atoms with Gasteiger partial charge in [-0.05, 0) is 68.0 Å². The molecule has 0 spiro atoms. The van der Waals surface area contributed by atoms with Crippen LogP contribution in [0.3, 0.4) is 0 Å². The number of hydrogen-bond acceptors (Lipinski definition) is 4. The van der Waals surface area contributed by atoms with Gasteiger partial charge in [-0.2, -0.15) is 5.10 Å². The molecular formula is C18H23ClN6O. The molecule has 2 aromatic heterocycles. The van der Waals surface area contributed by atoms with Crippen LogP contribution in [-0.4, -0.2) is 30.5 Å². The standard InChI is InChI=1S/C18H23ClN6O/c1-24-3-2-14(22-24)9-20-15(26)17-5-12-4-13(6-17)8-18(7-12,10-17)25-11-21-16(19)23-25/h2-3,11-13H,4-10H2,1H3,(H,20,26). The van der Waals surface area contributed by atoms with Crippen molar-refractivity contribution in [2.45, 2.75) is 50.6 Å². The van der Waals surface area contributed by atoms with Crippen LogP contribution in [0.4, 0.5) is 0 Å². The maximum Gasteiger partial charge on any atom is 0.242 e. The molecule has 1 amide bonds. The normalized spacial score (nSPS) is 35.0. The molecule has 4 fully saturated rings. The molecule has 4 saturated carbocycles. The summed E-state index contributed by atoms with van der Waals surface area (Å²) in [6.07, 6.45) is 9.85. The van der Waals surface area contributed by atoms with Gasteiger partial charge in [-0.3, -0.25) is 9.48 Å². The lowest BCUT2D eigenvalue weighted by Gasteiger charge is -2.60. The van der Waals surface area contributed by atoms with Gasteiger partial charge in [-0.1, -0.05) is 0 Å². The van der Waals surface area contributed by atoms with Crippen LogP contribution in [0.15, 0.2) is 18.6 Å². The third-order valence-corrected chi connectivity index (χ3v) is 6.83. The summed E-state index contributed by atoms with van der Waals surface area (Å²) in [6, 6.07) is 1.94. The molecule has 4 aliphatic rings. The van der Waals surface area contributed by atoms with Gasteiger partial charge in [-0.25, -0.2) is 9.67 Å². The number of hydrogen-bond donors (Lipinski definition) is 1. The van der Waals surface area contributed by atoms with E-state index in [9.17, 15) is 4.79 Å². The Hall–Kier alpha value is -1.89. The minimum Gasteiger partial charge on any atom is -0.350 e. The Morgan fingerprint density at radius 3 is 2.69 bits per heavy atom. The number of carbonyl (C=O) groups excluding carboxylic acids is 1. The fourth-order valence-corrected chi connectivity index (χ4v) is 6.26. The lowest BCUT2D eigenvalue weighted by atomic mass is 9.46. The number of carbonyl (C=O) groups is 1. The van der Waals surface area contributed by atoms with Crippen molar-refractivity contribution in [3.05, 3.63) is 29.6 Å². The fraction of sp³-hybridized carbons (Fsp3) is 0.667. The molecule has 0 aliphatic heterocycles. The largest absolute Gasteiger partial charge is 0.350 e. The minimum atomic E-state index is -0.294. The van der Waals surface area contributed by atoms with Crippen LogP contribution >= 0.6 is 11.6 Å². The Kier molecular flexibility index (Phi) is 3.48. The van der Waals surface area contributed by atoms with Crippen molar-refractivity contribution in [2.75, 3.05) is 0 Å². The van der Waals surface area contributed by atoms with Gasteiger partial charge >= 0.3 is 0 Å². The SMILES string of the molecule is Cn1ccc(CNC(=O)C23CC4CC(C2)CC(n2cnc(Cl)n2)(C4)C3)n1. The highest BCUT2D eigenvalue weighted by molar-refractivity contribution is 6.28. The average Bonchev–Trinajstić information content (AvgIpc) is 3.20. The highest BCUT2D eigenvalue weighted by atomic mass is 35.5. The second kappa shape index (κ2) is 5.55. The van der Waals surface area contributed by atoms with Crippen LogP contribution in [0.1, 0.15) is 44.2 Å². The summed E-state index contributed by atoms with van der Waals surface area (Å²) in [6.45, 7) is 0.485. The van der Waals surface area contributed by atoms with Crippen LogP contribution in [0.5, 0.6) is 0 Å². The molecule has 8 heteroatoms. The Morgan fingerprint density at radius 2 is 2.08 bits per heavy atom. The Morgan fingerprint density at radius 1 is 1.31 bits per heavy atom. The number of aromatic nitrogens is 5. The maximum atomic E-state index is 13.2. The first-order chi connectivity index (χ1) is 12.5. The Bertz CT molecular complexity index is 843. The molecule has 0 aromatic carbocycles. The van der Waals surface area contributed by atoms with Crippen LogP contribution in [0, 0.1) is 17.3 Å². The first kappa shape index (κ1) is 16.3. The first-order valence-electron chi connectivity index (χ1n) is 9.31. The first-order valence-corrected chi connectivity index (χ1v) is 9.69. The van der Waals surface area contributed by atoms with E-state index in [1.807, 2.05) is 24.0 Å². The van der Waals surface area contributed by atoms with Crippen molar-refractivity contribution in [1.82, 2.24) is 29.9 Å². The number of nitrogens with one attached hydrogen (secondary N) is 1. The Labute approximate surface area is 157 Å². The van der Waals surface area contributed by atoms with Crippen LogP contribution in [0.2, 0.25) is 5.28 Å². The molecule has 4 aliphatic carbocycles. The van der Waals surface area contributed by atoms with Gasteiger partial charge in [0.1, 0.15) is 6.33 Å². The van der Waals surface area contributed by atoms with Gasteiger partial charge < -0.3 is 5.32 Å². The number of aryl methyl sites for hydroxylation is 1. The maximum absolute atomic E-state index is 13.2. The van der Waals surface area contributed by atoms with E-state index in [2.05, 4.69) is 20.5 Å². The highest BCUT2D eigenvalue weighted by Crippen LogP contribution is 2.64. The summed E-state index contributed by atoms with van der Waals surface area (Å²) in [7, 11) is 1.89. The van der Waals surface area contributed by atoms with Crippen molar-refractivity contribution in [3.63, 3.8) is 0 Å². The number of rotatable bonds is 4. The molecule has 138 valence electrons. The molecule has 4 bridgehead atoms. The van der Waals surface area contributed by atoms with E-state index >= 15 is 0 Å². The van der Waals surface area contributed by atoms with E-state index < -0.39 is 0 Å². The predicted molar refractivity (Wildman–Crippen MR) is 95.2 cm³/mol. The van der Waals surface area contributed by atoms with Crippen LogP contribution < -0.4 is 5.32 Å². The van der Waals surface area contributed by atoms with Crippen molar-refractivity contribution in [1.29, 1.82) is 0 Å². The minimum absolute atomic E-state index is 0.105. The number of amides is 1. The van der Waals surface area contributed by atoms with Gasteiger partial charge in [-0.15, -0.1) is 5.10 Å². The monoisotopic (exact) mass is 374 g/mol. The van der Waals surface area contributed by atoms with E-state index in [0.717, 1.165) is 37.8 Å². The van der Waals surface area contributed by atoms with Crippen LogP contribution in [0.25, 0.3) is 0 Å². The van der Waals surface area contributed by atoms with E-state index in [0.29, 0.717) is 18.4 Å². The topological polar surface area (TPSA) is 77.6 Å². The molecule has 6 rings (SSSR count). The Balaban J connectivity index is 1.40. The molecule has 0 radical (unpaired) electrons. The molecular weight excluding hydrogens is 352 g/mol. The average molecular weight is 375 g/mol. The second-order valence-corrected chi connectivity index (χ2v) is 8.93. The highest BCUT2D eigenvalue weighted by Gasteiger charge is 2.61. The second-order valence-electron chi connectivity index (χ2n) is 8.59. The zero-order valence-electron chi connectivity index (χ0n) is 14.9. The molecule has 2 unspecified atom stereocenters. The lowest BCUT2D eigenvalue weighted by Crippen LogP contribution is -2.61. The van der Waals surface area contributed by atoms with Crippen molar-refractivity contribution < 1.29 is 4.79 Å². The van der Waals surface area contributed by atoms with Crippen LogP contribution in [-0.2, 0) is 23.9 Å². The van der Waals surface area contributed by atoms with E-state index in [1.54, 1.807) is 11.0 Å². The molecule has 2 heterocycles. The zero-order valence-corrected chi connectivity index (χ0v) is 15.6. The van der Waals surface area contributed by atoms with E-state index in [1.165, 1.54) is 6.42 Å². The van der Waals surface area contributed by atoms with E-state index in [-0.39, 0.29) is 22.1 Å². The summed E-state index contributed by atoms with van der Waals surface area (Å²) in [5.41, 5.74) is 0.493. The smallest absolute Gasteiger partial charge is 0.242 e. The molecule has 0 saturated heterocycles. The molecule has 2 atom stereocenters. The quantitative estimate of drug-likeness (QED) is 0.890. The lowest BCUT2D eigenvalue weighted by molar-refractivity contribution is -0.156. The van der Waals surface area contributed by atoms with Gasteiger partial charge in [0.05, 0.1) is 23.2 Å². The summed E-state index contributed by atoms with van der Waals surface area (Å²) in [5, 5.41) is 12.2. The van der Waals surface area contributed by atoms with Crippen molar-refractivity contribution in [3.8, 4) is 0 Å². The number of halogens is 1. The summed E-state index contributed by atoms with van der Waals surface area (Å²) in [4.78, 5) is 17.4. The third-order valence-electron chi connectivity index (χ3n) is 6.66. The predicted octanol–water partition coefficient (Wildman–Crippen LogP) is 2.28. The van der Waals surface area contributed by atoms with Crippen molar-refractivity contribution in [2.24, 2.45) is 24.3 Å². The fourth-order valence-electron chi connectivity index (χ4n) is 6.14. The molecule has 2 aromatic rings.